The fourth-order valence-corrected chi connectivity index (χ4v) is 4.28. The van der Waals surface area contributed by atoms with E-state index in [4.69, 9.17) is 0 Å². The van der Waals surface area contributed by atoms with Crippen LogP contribution in [0.15, 0.2) is 47.4 Å². The van der Waals surface area contributed by atoms with E-state index < -0.39 is 22.0 Å². The Kier molecular flexibility index (Phi) is 8.12. The van der Waals surface area contributed by atoms with Crippen LogP contribution in [0, 0.1) is 13.8 Å². The van der Waals surface area contributed by atoms with Crippen LogP contribution in [0.3, 0.4) is 0 Å². The minimum absolute atomic E-state index is 0.0540. The SMILES string of the molecule is CC(=O)Nc1ccc(S(=O)(=O)N[C@@H](C)C(=O)N(C)CC(=O)Nc2c(C)cccc2C)cc1. The van der Waals surface area contributed by atoms with Crippen LogP contribution in [0.25, 0.3) is 0 Å². The Morgan fingerprint density at radius 1 is 0.969 bits per heavy atom. The molecule has 172 valence electrons. The minimum Gasteiger partial charge on any atom is -0.335 e. The fraction of sp³-hybridized carbons (Fsp3) is 0.318. The second-order valence-corrected chi connectivity index (χ2v) is 9.27. The maximum atomic E-state index is 12.6. The number of aryl methyl sites for hydroxylation is 2. The van der Waals surface area contributed by atoms with Gasteiger partial charge < -0.3 is 15.5 Å². The number of nitrogens with one attached hydrogen (secondary N) is 3. The van der Waals surface area contributed by atoms with Gasteiger partial charge in [0.1, 0.15) is 0 Å². The summed E-state index contributed by atoms with van der Waals surface area (Å²) in [5, 5.41) is 5.34. The molecule has 0 spiro atoms. The first-order chi connectivity index (χ1) is 14.9. The Bertz CT molecular complexity index is 1090. The third-order valence-electron chi connectivity index (χ3n) is 4.69. The molecule has 2 rings (SSSR count). The van der Waals surface area contributed by atoms with Gasteiger partial charge in [-0.15, -0.1) is 0 Å². The van der Waals surface area contributed by atoms with E-state index in [0.29, 0.717) is 11.4 Å². The molecule has 0 aromatic heterocycles. The number of carbonyl (C=O) groups excluding carboxylic acids is 3. The first kappa shape index (κ1) is 25.0. The lowest BCUT2D eigenvalue weighted by molar-refractivity contribution is -0.134. The van der Waals surface area contributed by atoms with Gasteiger partial charge >= 0.3 is 0 Å². The van der Waals surface area contributed by atoms with Crippen LogP contribution in [0.1, 0.15) is 25.0 Å². The van der Waals surface area contributed by atoms with Gasteiger partial charge in [-0.3, -0.25) is 14.4 Å². The summed E-state index contributed by atoms with van der Waals surface area (Å²) in [5.74, 6) is -1.22. The number of hydrogen-bond donors (Lipinski definition) is 3. The standard InChI is InChI=1S/C22H28N4O5S/c1-14-7-6-8-15(2)21(14)24-20(28)13-26(5)22(29)16(3)25-32(30,31)19-11-9-18(10-12-19)23-17(4)27/h6-12,16,25H,13H2,1-5H3,(H,23,27)(H,24,28)/t16-/m0/s1. The van der Waals surface area contributed by atoms with E-state index in [1.165, 1.54) is 45.2 Å². The van der Waals surface area contributed by atoms with Crippen LogP contribution in [-0.2, 0) is 24.4 Å². The normalized spacial score (nSPS) is 12.0. The summed E-state index contributed by atoms with van der Waals surface area (Å²) in [4.78, 5) is 37.2. The number of amides is 3. The number of hydrogen-bond acceptors (Lipinski definition) is 5. The van der Waals surface area contributed by atoms with Crippen LogP contribution in [0.2, 0.25) is 0 Å². The maximum Gasteiger partial charge on any atom is 0.243 e. The molecule has 1 atom stereocenters. The average molecular weight is 461 g/mol. The summed E-state index contributed by atoms with van der Waals surface area (Å²) in [6.07, 6.45) is 0. The molecule has 0 aliphatic carbocycles. The zero-order chi connectivity index (χ0) is 24.1. The van der Waals surface area contributed by atoms with E-state index in [0.717, 1.165) is 16.0 Å². The third-order valence-corrected chi connectivity index (χ3v) is 6.25. The average Bonchev–Trinajstić information content (AvgIpc) is 2.69. The zero-order valence-electron chi connectivity index (χ0n) is 18.7. The van der Waals surface area contributed by atoms with Crippen LogP contribution in [0.4, 0.5) is 11.4 Å². The molecule has 2 aromatic rings. The molecule has 0 aliphatic rings. The van der Waals surface area contributed by atoms with Gasteiger partial charge in [-0.2, -0.15) is 4.72 Å². The van der Waals surface area contributed by atoms with Crippen molar-refractivity contribution in [3.8, 4) is 0 Å². The second-order valence-electron chi connectivity index (χ2n) is 7.56. The van der Waals surface area contributed by atoms with Crippen molar-refractivity contribution in [3.63, 3.8) is 0 Å². The van der Waals surface area contributed by atoms with E-state index in [-0.39, 0.29) is 23.3 Å². The summed E-state index contributed by atoms with van der Waals surface area (Å²) in [6.45, 7) is 6.27. The maximum absolute atomic E-state index is 12.6. The molecule has 0 radical (unpaired) electrons. The summed E-state index contributed by atoms with van der Waals surface area (Å²) in [6, 6.07) is 10.1. The van der Waals surface area contributed by atoms with Crippen molar-refractivity contribution in [1.82, 2.24) is 9.62 Å². The lowest BCUT2D eigenvalue weighted by Crippen LogP contribution is -2.47. The first-order valence-corrected chi connectivity index (χ1v) is 11.4. The molecule has 0 saturated heterocycles. The number of sulfonamides is 1. The highest BCUT2D eigenvalue weighted by Crippen LogP contribution is 2.19. The zero-order valence-corrected chi connectivity index (χ0v) is 19.5. The van der Waals surface area contributed by atoms with Crippen LogP contribution in [0.5, 0.6) is 0 Å². The third kappa shape index (κ3) is 6.63. The summed E-state index contributed by atoms with van der Waals surface area (Å²) in [5.41, 5.74) is 2.95. The first-order valence-electron chi connectivity index (χ1n) is 9.91. The summed E-state index contributed by atoms with van der Waals surface area (Å²) >= 11 is 0. The molecule has 0 saturated carbocycles. The molecule has 10 heteroatoms. The summed E-state index contributed by atoms with van der Waals surface area (Å²) in [7, 11) is -2.55. The smallest absolute Gasteiger partial charge is 0.243 e. The predicted molar refractivity (Wildman–Crippen MR) is 123 cm³/mol. The number of benzene rings is 2. The molecule has 3 N–H and O–H groups in total. The molecule has 0 bridgehead atoms. The molecule has 0 fully saturated rings. The van der Waals surface area contributed by atoms with Gasteiger partial charge in [0.2, 0.25) is 27.7 Å². The van der Waals surface area contributed by atoms with Crippen LogP contribution in [-0.4, -0.2) is 50.7 Å². The van der Waals surface area contributed by atoms with Gasteiger partial charge in [0.15, 0.2) is 0 Å². The number of rotatable bonds is 8. The topological polar surface area (TPSA) is 125 Å². The minimum atomic E-state index is -3.98. The Hall–Kier alpha value is -3.24. The number of carbonyl (C=O) groups is 3. The largest absolute Gasteiger partial charge is 0.335 e. The van der Waals surface area contributed by atoms with Crippen molar-refractivity contribution < 1.29 is 22.8 Å². The quantitative estimate of drug-likeness (QED) is 0.556. The van der Waals surface area contributed by atoms with Crippen molar-refractivity contribution in [3.05, 3.63) is 53.6 Å². The number of likely N-dealkylation sites (N-methyl/N-ethyl adjacent to an activating group) is 1. The summed E-state index contributed by atoms with van der Waals surface area (Å²) < 4.78 is 27.5. The van der Waals surface area contributed by atoms with Gasteiger partial charge in [-0.05, 0) is 56.2 Å². The Labute approximate surface area is 188 Å². The molecule has 3 amide bonds. The van der Waals surface area contributed by atoms with Crippen molar-refractivity contribution in [2.24, 2.45) is 0 Å². The van der Waals surface area contributed by atoms with E-state index >= 15 is 0 Å². The monoisotopic (exact) mass is 460 g/mol. The van der Waals surface area contributed by atoms with E-state index in [1.54, 1.807) is 0 Å². The molecule has 2 aromatic carbocycles. The predicted octanol–water partition coefficient (Wildman–Crippen LogP) is 2.03. The molecule has 9 nitrogen and oxygen atoms in total. The van der Waals surface area contributed by atoms with Gasteiger partial charge in [0.25, 0.3) is 0 Å². The Morgan fingerprint density at radius 2 is 1.53 bits per heavy atom. The molecule has 0 heterocycles. The van der Waals surface area contributed by atoms with Crippen molar-refractivity contribution in [1.29, 1.82) is 0 Å². The second kappa shape index (κ2) is 10.4. The van der Waals surface area contributed by atoms with Gasteiger partial charge in [-0.25, -0.2) is 8.42 Å². The van der Waals surface area contributed by atoms with E-state index in [1.807, 2.05) is 32.0 Å². The van der Waals surface area contributed by atoms with Gasteiger partial charge in [0.05, 0.1) is 17.5 Å². The number of nitrogens with zero attached hydrogens (tertiary/aromatic N) is 1. The van der Waals surface area contributed by atoms with Crippen molar-refractivity contribution in [2.75, 3.05) is 24.2 Å². The number of para-hydroxylation sites is 1. The lowest BCUT2D eigenvalue weighted by atomic mass is 10.1. The Morgan fingerprint density at radius 3 is 2.06 bits per heavy atom. The fourth-order valence-electron chi connectivity index (χ4n) is 3.09. The van der Waals surface area contributed by atoms with E-state index in [2.05, 4.69) is 15.4 Å². The van der Waals surface area contributed by atoms with Crippen LogP contribution >= 0.6 is 0 Å². The molecule has 0 aliphatic heterocycles. The van der Waals surface area contributed by atoms with Crippen LogP contribution < -0.4 is 15.4 Å². The van der Waals surface area contributed by atoms with Crippen molar-refractivity contribution in [2.45, 2.75) is 38.6 Å². The lowest BCUT2D eigenvalue weighted by Gasteiger charge is -2.22. The van der Waals surface area contributed by atoms with Gasteiger partial charge in [-0.1, -0.05) is 18.2 Å². The number of anilines is 2. The van der Waals surface area contributed by atoms with Crippen molar-refractivity contribution >= 4 is 39.1 Å². The van der Waals surface area contributed by atoms with Gasteiger partial charge in [0, 0.05) is 25.3 Å². The Balaban J connectivity index is 1.99. The molecular formula is C22H28N4O5S. The highest BCUT2D eigenvalue weighted by molar-refractivity contribution is 7.89. The molecular weight excluding hydrogens is 432 g/mol. The molecule has 0 unspecified atom stereocenters. The van der Waals surface area contributed by atoms with E-state index in [9.17, 15) is 22.8 Å². The highest BCUT2D eigenvalue weighted by Gasteiger charge is 2.25. The molecule has 32 heavy (non-hydrogen) atoms. The highest BCUT2D eigenvalue weighted by atomic mass is 32.2.